The van der Waals surface area contributed by atoms with Crippen LogP contribution in [0.2, 0.25) is 0 Å². The van der Waals surface area contributed by atoms with Gasteiger partial charge in [-0.25, -0.2) is 4.98 Å². The molecule has 0 saturated carbocycles. The van der Waals surface area contributed by atoms with Crippen LogP contribution in [-0.2, 0) is 0 Å². The zero-order chi connectivity index (χ0) is 18.5. The fraction of sp³-hybridized carbons (Fsp3) is 0.182. The summed E-state index contributed by atoms with van der Waals surface area (Å²) in [6.45, 7) is 0.535. The Kier molecular flexibility index (Phi) is 5.01. The van der Waals surface area contributed by atoms with Crippen molar-refractivity contribution in [2.24, 2.45) is 0 Å². The van der Waals surface area contributed by atoms with Crippen LogP contribution in [-0.4, -0.2) is 23.5 Å². The summed E-state index contributed by atoms with van der Waals surface area (Å²) in [7, 11) is 0. The van der Waals surface area contributed by atoms with E-state index in [2.05, 4.69) is 33.1 Å². The normalized spacial score (nSPS) is 18.4. The summed E-state index contributed by atoms with van der Waals surface area (Å²) in [5.41, 5.74) is 2.83. The van der Waals surface area contributed by atoms with Gasteiger partial charge in [0, 0.05) is 24.3 Å². The largest absolute Gasteiger partial charge is 0.377 e. The van der Waals surface area contributed by atoms with E-state index in [0.29, 0.717) is 12.1 Å². The van der Waals surface area contributed by atoms with Crippen molar-refractivity contribution in [2.75, 3.05) is 17.2 Å². The van der Waals surface area contributed by atoms with Crippen LogP contribution >= 0.6 is 0 Å². The van der Waals surface area contributed by atoms with Gasteiger partial charge in [-0.1, -0.05) is 48.5 Å². The molecule has 0 bridgehead atoms. The third kappa shape index (κ3) is 4.08. The number of anilines is 2. The molecule has 136 valence electrons. The minimum absolute atomic E-state index is 0.0581. The van der Waals surface area contributed by atoms with Crippen molar-refractivity contribution < 1.29 is 4.79 Å². The molecule has 2 atom stereocenters. The van der Waals surface area contributed by atoms with Crippen LogP contribution in [0.4, 0.5) is 11.5 Å². The third-order valence-electron chi connectivity index (χ3n) is 4.75. The smallest absolute Gasteiger partial charge is 0.251 e. The second kappa shape index (κ2) is 7.91. The Balaban J connectivity index is 1.52. The van der Waals surface area contributed by atoms with Crippen molar-refractivity contribution in [1.82, 2.24) is 10.3 Å². The number of hydrogen-bond donors (Lipinski definition) is 3. The predicted molar refractivity (Wildman–Crippen MR) is 108 cm³/mol. The summed E-state index contributed by atoms with van der Waals surface area (Å²) in [5, 5.41) is 10.1. The van der Waals surface area contributed by atoms with Gasteiger partial charge in [-0.15, -0.1) is 0 Å². The van der Waals surface area contributed by atoms with Crippen molar-refractivity contribution in [3.63, 3.8) is 0 Å². The van der Waals surface area contributed by atoms with Crippen molar-refractivity contribution >= 4 is 17.4 Å². The highest BCUT2D eigenvalue weighted by molar-refractivity contribution is 5.94. The number of nitrogens with one attached hydrogen (secondary N) is 3. The molecule has 4 rings (SSSR count). The number of fused-ring (bicyclic) bond motifs is 1. The summed E-state index contributed by atoms with van der Waals surface area (Å²) in [6, 6.07) is 23.8. The molecule has 2 aromatic carbocycles. The molecular weight excluding hydrogens is 336 g/mol. The second-order valence-corrected chi connectivity index (χ2v) is 6.66. The molecule has 1 aliphatic heterocycles. The van der Waals surface area contributed by atoms with E-state index < -0.39 is 0 Å². The van der Waals surface area contributed by atoms with E-state index in [-0.39, 0.29) is 18.0 Å². The van der Waals surface area contributed by atoms with Gasteiger partial charge in [0.05, 0.1) is 11.7 Å². The first-order valence-electron chi connectivity index (χ1n) is 9.16. The number of rotatable bonds is 4. The Bertz CT molecular complexity index is 898. The summed E-state index contributed by atoms with van der Waals surface area (Å²) < 4.78 is 0. The zero-order valence-corrected chi connectivity index (χ0v) is 14.9. The molecule has 0 radical (unpaired) electrons. The van der Waals surface area contributed by atoms with Gasteiger partial charge >= 0.3 is 0 Å². The van der Waals surface area contributed by atoms with E-state index in [4.69, 9.17) is 0 Å². The molecule has 0 spiro atoms. The molecule has 5 heteroatoms. The van der Waals surface area contributed by atoms with E-state index in [0.717, 1.165) is 17.9 Å². The summed E-state index contributed by atoms with van der Waals surface area (Å²) in [4.78, 5) is 16.9. The number of carbonyl (C=O) groups is 1. The molecule has 0 saturated heterocycles. The molecule has 1 amide bonds. The number of hydrogen-bond acceptors (Lipinski definition) is 4. The maximum atomic E-state index is 12.4. The lowest BCUT2D eigenvalue weighted by Gasteiger charge is -2.22. The molecular formula is C22H22N4O. The maximum Gasteiger partial charge on any atom is 0.251 e. The van der Waals surface area contributed by atoms with Gasteiger partial charge in [-0.05, 0) is 36.2 Å². The van der Waals surface area contributed by atoms with Gasteiger partial charge in [0.15, 0.2) is 0 Å². The van der Waals surface area contributed by atoms with Crippen LogP contribution in [0.25, 0.3) is 0 Å². The van der Waals surface area contributed by atoms with E-state index in [9.17, 15) is 4.79 Å². The highest BCUT2D eigenvalue weighted by Gasteiger charge is 2.24. The molecule has 5 nitrogen and oxygen atoms in total. The first-order valence-corrected chi connectivity index (χ1v) is 9.16. The average Bonchev–Trinajstić information content (AvgIpc) is 2.92. The number of amides is 1. The molecule has 2 heterocycles. The quantitative estimate of drug-likeness (QED) is 0.663. The van der Waals surface area contributed by atoms with Crippen LogP contribution in [0.3, 0.4) is 0 Å². The molecule has 0 aliphatic carbocycles. The monoisotopic (exact) mass is 358 g/mol. The SMILES string of the molecule is O=C(NC[C@@H]1C[C@@H](c2ccccc2)Nc2ncccc2N1)c1ccccc1. The van der Waals surface area contributed by atoms with Crippen LogP contribution in [0.5, 0.6) is 0 Å². The molecule has 1 aliphatic rings. The number of aromatic nitrogens is 1. The highest BCUT2D eigenvalue weighted by Crippen LogP contribution is 2.31. The lowest BCUT2D eigenvalue weighted by Crippen LogP contribution is -2.37. The predicted octanol–water partition coefficient (Wildman–Crippen LogP) is 3.85. The number of benzene rings is 2. The topological polar surface area (TPSA) is 66.0 Å². The number of pyridine rings is 1. The molecule has 1 aromatic heterocycles. The Morgan fingerprint density at radius 2 is 1.70 bits per heavy atom. The van der Waals surface area contributed by atoms with Gasteiger partial charge < -0.3 is 16.0 Å². The minimum Gasteiger partial charge on any atom is -0.377 e. The summed E-state index contributed by atoms with van der Waals surface area (Å²) in [5.74, 6) is 0.778. The standard InChI is InChI=1S/C22H22N4O/c27-22(17-10-5-2-6-11-17)24-15-18-14-20(16-8-3-1-4-9-16)26-21-19(25-18)12-7-13-23-21/h1-13,18,20,25H,14-15H2,(H,23,26)(H,24,27)/t18-,20-/m0/s1. The van der Waals surface area contributed by atoms with E-state index in [1.54, 1.807) is 6.20 Å². The van der Waals surface area contributed by atoms with Crippen LogP contribution in [0.1, 0.15) is 28.4 Å². The van der Waals surface area contributed by atoms with Gasteiger partial charge in [0.2, 0.25) is 0 Å². The van der Waals surface area contributed by atoms with Crippen LogP contribution in [0.15, 0.2) is 79.0 Å². The first kappa shape index (κ1) is 17.1. The van der Waals surface area contributed by atoms with Crippen LogP contribution < -0.4 is 16.0 Å². The van der Waals surface area contributed by atoms with E-state index >= 15 is 0 Å². The third-order valence-corrected chi connectivity index (χ3v) is 4.75. The zero-order valence-electron chi connectivity index (χ0n) is 14.9. The van der Waals surface area contributed by atoms with Crippen molar-refractivity contribution in [3.8, 4) is 0 Å². The molecule has 0 unspecified atom stereocenters. The van der Waals surface area contributed by atoms with Crippen molar-refractivity contribution in [3.05, 3.63) is 90.1 Å². The molecule has 0 fully saturated rings. The minimum atomic E-state index is -0.0581. The fourth-order valence-electron chi connectivity index (χ4n) is 3.37. The van der Waals surface area contributed by atoms with Crippen molar-refractivity contribution in [1.29, 1.82) is 0 Å². The number of carbonyl (C=O) groups excluding carboxylic acids is 1. The lowest BCUT2D eigenvalue weighted by atomic mass is 9.99. The van der Waals surface area contributed by atoms with Gasteiger partial charge in [0.25, 0.3) is 5.91 Å². The Hall–Kier alpha value is -3.34. The second-order valence-electron chi connectivity index (χ2n) is 6.66. The Morgan fingerprint density at radius 1 is 0.963 bits per heavy atom. The molecule has 3 aromatic rings. The van der Waals surface area contributed by atoms with Gasteiger partial charge in [0.1, 0.15) is 5.82 Å². The van der Waals surface area contributed by atoms with Crippen molar-refractivity contribution in [2.45, 2.75) is 18.5 Å². The number of nitrogens with zero attached hydrogens (tertiary/aromatic N) is 1. The van der Waals surface area contributed by atoms with Gasteiger partial charge in [-0.3, -0.25) is 4.79 Å². The fourth-order valence-corrected chi connectivity index (χ4v) is 3.37. The van der Waals surface area contributed by atoms with E-state index in [1.807, 2.05) is 60.7 Å². The van der Waals surface area contributed by atoms with Crippen LogP contribution in [0, 0.1) is 0 Å². The average molecular weight is 358 g/mol. The Morgan fingerprint density at radius 3 is 2.48 bits per heavy atom. The van der Waals surface area contributed by atoms with E-state index in [1.165, 1.54) is 5.56 Å². The molecule has 3 N–H and O–H groups in total. The van der Waals surface area contributed by atoms with Gasteiger partial charge in [-0.2, -0.15) is 0 Å². The molecule has 27 heavy (non-hydrogen) atoms. The highest BCUT2D eigenvalue weighted by atomic mass is 16.1. The Labute approximate surface area is 158 Å². The summed E-state index contributed by atoms with van der Waals surface area (Å²) in [6.07, 6.45) is 2.61. The summed E-state index contributed by atoms with van der Waals surface area (Å²) >= 11 is 0. The first-order chi connectivity index (χ1) is 13.3. The maximum absolute atomic E-state index is 12.4. The lowest BCUT2D eigenvalue weighted by molar-refractivity contribution is 0.0951.